The lowest BCUT2D eigenvalue weighted by Gasteiger charge is -2.32. The predicted molar refractivity (Wildman–Crippen MR) is 180 cm³/mol. The fourth-order valence-corrected chi connectivity index (χ4v) is 10.4. The number of aromatic nitrogens is 3. The van der Waals surface area contributed by atoms with Crippen LogP contribution in [0.3, 0.4) is 0 Å². The van der Waals surface area contributed by atoms with Crippen LogP contribution in [0.2, 0.25) is 18.6 Å². The van der Waals surface area contributed by atoms with Crippen LogP contribution in [0.1, 0.15) is 43.0 Å². The Bertz CT molecular complexity index is 1690. The van der Waals surface area contributed by atoms with Gasteiger partial charge < -0.3 is 30.2 Å². The van der Waals surface area contributed by atoms with Crippen LogP contribution in [0.5, 0.6) is 0 Å². The molecule has 0 saturated carbocycles. The summed E-state index contributed by atoms with van der Waals surface area (Å²) in [7, 11) is -2.96. The largest absolute Gasteiger partial charge is 0.432 e. The maximum Gasteiger partial charge on any atom is 0.269 e. The van der Waals surface area contributed by atoms with Crippen molar-refractivity contribution >= 4 is 37.2 Å². The Kier molecular flexibility index (Phi) is 9.50. The summed E-state index contributed by atoms with van der Waals surface area (Å²) in [5.74, 6) is -1.00. The van der Waals surface area contributed by atoms with Gasteiger partial charge in [0.05, 0.1) is 34.9 Å². The van der Waals surface area contributed by atoms with Gasteiger partial charge in [0.1, 0.15) is 0 Å². The average molecular weight is 678 g/mol. The number of nitro groups is 1. The molecule has 2 fully saturated rings. The quantitative estimate of drug-likeness (QED) is 0.134. The molecule has 48 heavy (non-hydrogen) atoms. The summed E-state index contributed by atoms with van der Waals surface area (Å²) < 4.78 is 8.48. The number of ether oxygens (including phenoxy) is 1. The van der Waals surface area contributed by atoms with Crippen LogP contribution in [0.15, 0.2) is 48.7 Å². The zero-order valence-corrected chi connectivity index (χ0v) is 28.5. The van der Waals surface area contributed by atoms with Crippen molar-refractivity contribution in [3.63, 3.8) is 0 Å². The third-order valence-electron chi connectivity index (χ3n) is 9.98. The van der Waals surface area contributed by atoms with Gasteiger partial charge in [-0.3, -0.25) is 24.4 Å². The lowest BCUT2D eigenvalue weighted by Crippen LogP contribution is -2.46. The van der Waals surface area contributed by atoms with Crippen molar-refractivity contribution in [3.05, 3.63) is 75.6 Å². The number of hydrogen-bond acceptors (Lipinski definition) is 10. The van der Waals surface area contributed by atoms with Crippen LogP contribution in [-0.2, 0) is 39.4 Å². The van der Waals surface area contributed by atoms with E-state index < -0.39 is 30.9 Å². The standard InChI is InChI=1S/C33H43N7O7Si/c1-21-30(48(2,3)46)29(11-14-38-20-25(12-15-41)36-37-38)47-33(21)27-17-26(40(44)45)9-10-28(27)39(32(33)43)19-22-6-4-8-24(16-22)35-31(42)23-7-5-13-34-18-23/h4,6,8-10,16-17,20-21,23,29-30,34,41,46H,5,7,11-15,18-19H2,1-3H3,(H,35,42)/t21-,23?,29+,30-,33+/m0/s1. The van der Waals surface area contributed by atoms with Crippen molar-refractivity contribution in [2.24, 2.45) is 11.8 Å². The van der Waals surface area contributed by atoms with E-state index in [1.807, 2.05) is 44.3 Å². The molecule has 6 rings (SSSR count). The smallest absolute Gasteiger partial charge is 0.269 e. The minimum absolute atomic E-state index is 0.0435. The number of carbonyl (C=O) groups excluding carboxylic acids is 2. The highest BCUT2D eigenvalue weighted by atomic mass is 28.4. The second-order valence-corrected chi connectivity index (χ2v) is 17.7. The fourth-order valence-electron chi connectivity index (χ4n) is 7.79. The molecule has 14 nitrogen and oxygen atoms in total. The maximum atomic E-state index is 14.8. The van der Waals surface area contributed by atoms with E-state index in [9.17, 15) is 29.6 Å². The number of nitrogens with zero attached hydrogens (tertiary/aromatic N) is 5. The lowest BCUT2D eigenvalue weighted by molar-refractivity contribution is -0.385. The van der Waals surface area contributed by atoms with Crippen molar-refractivity contribution in [2.45, 2.75) is 76.0 Å². The normalized spacial score (nSPS) is 25.4. The number of non-ortho nitro benzene ring substituents is 1. The molecule has 2 saturated heterocycles. The number of rotatable bonds is 11. The number of anilines is 2. The summed E-state index contributed by atoms with van der Waals surface area (Å²) in [6.07, 6.45) is 3.78. The summed E-state index contributed by atoms with van der Waals surface area (Å²) >= 11 is 0. The molecule has 2 amide bonds. The second-order valence-electron chi connectivity index (χ2n) is 13.7. The first-order valence-electron chi connectivity index (χ1n) is 16.5. The number of amides is 2. The zero-order chi connectivity index (χ0) is 34.2. The van der Waals surface area contributed by atoms with Crippen molar-refractivity contribution < 1.29 is 29.2 Å². The summed E-state index contributed by atoms with van der Waals surface area (Å²) in [6.45, 7) is 7.60. The van der Waals surface area contributed by atoms with Crippen molar-refractivity contribution in [1.29, 1.82) is 0 Å². The van der Waals surface area contributed by atoms with Gasteiger partial charge >= 0.3 is 0 Å². The number of aryl methyl sites for hydroxylation is 1. The molecule has 3 aromatic rings. The second kappa shape index (κ2) is 13.5. The third kappa shape index (κ3) is 6.40. The molecule has 2 aromatic carbocycles. The molecule has 5 atom stereocenters. The van der Waals surface area contributed by atoms with Gasteiger partial charge in [-0.1, -0.05) is 24.3 Å². The van der Waals surface area contributed by atoms with Gasteiger partial charge in [-0.25, -0.2) is 0 Å². The number of aliphatic hydroxyl groups is 1. The molecular weight excluding hydrogens is 634 g/mol. The topological polar surface area (TPSA) is 185 Å². The number of nitro benzene ring substituents is 1. The summed E-state index contributed by atoms with van der Waals surface area (Å²) in [6, 6.07) is 11.8. The lowest BCUT2D eigenvalue weighted by atomic mass is 9.82. The molecule has 15 heteroatoms. The van der Waals surface area contributed by atoms with E-state index >= 15 is 0 Å². The highest BCUT2D eigenvalue weighted by Crippen LogP contribution is 2.60. The van der Waals surface area contributed by atoms with Gasteiger partial charge in [-0.2, -0.15) is 0 Å². The molecule has 0 radical (unpaired) electrons. The molecule has 1 spiro atoms. The highest BCUT2D eigenvalue weighted by Gasteiger charge is 2.66. The van der Waals surface area contributed by atoms with Crippen LogP contribution >= 0.6 is 0 Å². The minimum Gasteiger partial charge on any atom is -0.432 e. The van der Waals surface area contributed by atoms with Gasteiger partial charge in [0.15, 0.2) is 13.9 Å². The Morgan fingerprint density at radius 3 is 2.79 bits per heavy atom. The van der Waals surface area contributed by atoms with Crippen LogP contribution in [-0.4, -0.2) is 75.8 Å². The van der Waals surface area contributed by atoms with Gasteiger partial charge in [0.2, 0.25) is 5.91 Å². The molecule has 0 bridgehead atoms. The van der Waals surface area contributed by atoms with E-state index in [1.165, 1.54) is 12.1 Å². The van der Waals surface area contributed by atoms with Crippen molar-refractivity contribution in [3.8, 4) is 0 Å². The SMILES string of the molecule is C[C@H]1[C@H]([Si](C)(C)O)[C@@H](CCn2cc(CCO)nn2)O[C@]12C(=O)N(Cc1cccc(NC(=O)C3CCCNC3)c1)c1ccc([N+](=O)[O-])cc12. The molecule has 256 valence electrons. The molecule has 4 N–H and O–H groups in total. The van der Waals surface area contributed by atoms with Crippen LogP contribution in [0, 0.1) is 22.0 Å². The Balaban J connectivity index is 1.31. The summed E-state index contributed by atoms with van der Waals surface area (Å²) in [5.41, 5.74) is 0.907. The first-order chi connectivity index (χ1) is 22.9. The molecular formula is C33H43N7O7Si. The number of fused-ring (bicyclic) bond motifs is 2. The Morgan fingerprint density at radius 2 is 2.08 bits per heavy atom. The molecule has 3 aliphatic rings. The van der Waals surface area contributed by atoms with Gasteiger partial charge in [0, 0.05) is 67.2 Å². The van der Waals surface area contributed by atoms with Crippen LogP contribution in [0.25, 0.3) is 0 Å². The average Bonchev–Trinajstić information content (AvgIpc) is 3.70. The van der Waals surface area contributed by atoms with E-state index in [-0.39, 0.29) is 42.1 Å². The monoisotopic (exact) mass is 677 g/mol. The summed E-state index contributed by atoms with van der Waals surface area (Å²) in [4.78, 5) is 52.3. The maximum absolute atomic E-state index is 14.8. The minimum atomic E-state index is -2.96. The Labute approximate surface area is 279 Å². The number of carbonyl (C=O) groups is 2. The van der Waals surface area contributed by atoms with Crippen molar-refractivity contribution in [2.75, 3.05) is 29.9 Å². The van der Waals surface area contributed by atoms with E-state index in [2.05, 4.69) is 20.9 Å². The van der Waals surface area contributed by atoms with E-state index in [1.54, 1.807) is 21.8 Å². The van der Waals surface area contributed by atoms with Crippen LogP contribution < -0.4 is 15.5 Å². The molecule has 1 aromatic heterocycles. The van der Waals surface area contributed by atoms with Gasteiger partial charge in [0.25, 0.3) is 11.6 Å². The highest BCUT2D eigenvalue weighted by molar-refractivity contribution is 6.71. The third-order valence-corrected chi connectivity index (χ3v) is 12.5. The molecule has 0 aliphatic carbocycles. The molecule has 3 aliphatic heterocycles. The summed E-state index contributed by atoms with van der Waals surface area (Å²) in [5, 5.41) is 35.7. The van der Waals surface area contributed by atoms with E-state index in [0.29, 0.717) is 48.6 Å². The predicted octanol–water partition coefficient (Wildman–Crippen LogP) is 3.09. The molecule has 1 unspecified atom stereocenters. The number of benzene rings is 2. The van der Waals surface area contributed by atoms with E-state index in [4.69, 9.17) is 4.74 Å². The zero-order valence-electron chi connectivity index (χ0n) is 27.5. The van der Waals surface area contributed by atoms with Gasteiger partial charge in [-0.05, 0) is 62.7 Å². The van der Waals surface area contributed by atoms with Gasteiger partial charge in [-0.15, -0.1) is 5.10 Å². The van der Waals surface area contributed by atoms with Crippen molar-refractivity contribution in [1.82, 2.24) is 20.3 Å². The van der Waals surface area contributed by atoms with E-state index in [0.717, 1.165) is 24.9 Å². The fraction of sp³-hybridized carbons (Fsp3) is 0.515. The number of hydrogen-bond donors (Lipinski definition) is 4. The molecule has 4 heterocycles. The van der Waals surface area contributed by atoms with Crippen LogP contribution in [0.4, 0.5) is 17.1 Å². The first kappa shape index (κ1) is 33.9. The number of nitrogens with one attached hydrogen (secondary N) is 2. The Hall–Kier alpha value is -4.02. The first-order valence-corrected chi connectivity index (χ1v) is 19.6. The Morgan fingerprint density at radius 1 is 1.27 bits per heavy atom. The number of aliphatic hydroxyl groups excluding tert-OH is 1. The number of piperidine rings is 1.